The molecule has 6 rings (SSSR count). The van der Waals surface area contributed by atoms with Crippen molar-refractivity contribution in [3.63, 3.8) is 0 Å². The monoisotopic (exact) mass is 409 g/mol. The molecule has 0 atom stereocenters. The molecule has 0 aliphatic carbocycles. The molecular weight excluding hydrogens is 388 g/mol. The molecule has 0 fully saturated rings. The normalized spacial score (nSPS) is 13.8. The second-order valence-electron chi connectivity index (χ2n) is 7.20. The Kier molecular flexibility index (Phi) is 2.90. The number of hydrogen-bond acceptors (Lipinski definition) is 1. The molecule has 0 saturated carbocycles. The van der Waals surface area contributed by atoms with E-state index in [0.29, 0.717) is 21.8 Å². The molecule has 1 aromatic heterocycles. The van der Waals surface area contributed by atoms with Gasteiger partial charge in [-0.05, 0) is 57.8 Å². The summed E-state index contributed by atoms with van der Waals surface area (Å²) >= 11 is 6.20. The number of furan rings is 1. The summed E-state index contributed by atoms with van der Waals surface area (Å²) in [5.41, 5.74) is 3.36. The van der Waals surface area contributed by atoms with Gasteiger partial charge in [0.1, 0.15) is 11.2 Å². The van der Waals surface area contributed by atoms with Crippen LogP contribution >= 0.6 is 11.6 Å². The first kappa shape index (κ1) is 12.9. The minimum Gasteiger partial charge on any atom is -0.455 e. The molecule has 2 heteroatoms. The van der Waals surface area contributed by atoms with Gasteiger partial charge in [0, 0.05) is 27.4 Å². The molecule has 0 radical (unpaired) electrons. The van der Waals surface area contributed by atoms with E-state index in [2.05, 4.69) is 6.07 Å². The molecule has 0 bridgehead atoms. The average molecular weight is 410 g/mol. The summed E-state index contributed by atoms with van der Waals surface area (Å²) in [6, 6.07) is 21.7. The highest BCUT2D eigenvalue weighted by atomic mass is 35.5. The van der Waals surface area contributed by atoms with Gasteiger partial charge in [-0.3, -0.25) is 0 Å². The molecule has 142 valence electrons. The zero-order chi connectivity index (χ0) is 24.4. The van der Waals surface area contributed by atoms with E-state index in [9.17, 15) is 0 Å². The maximum Gasteiger partial charge on any atom is 0.143 e. The summed E-state index contributed by atoms with van der Waals surface area (Å²) in [6.07, 6.45) is 0. The van der Waals surface area contributed by atoms with Crippen LogP contribution in [-0.4, -0.2) is 0 Å². The minimum atomic E-state index is -0.429. The Hall–Kier alpha value is -3.55. The van der Waals surface area contributed by atoms with Gasteiger partial charge in [-0.25, -0.2) is 0 Å². The van der Waals surface area contributed by atoms with Gasteiger partial charge in [0.15, 0.2) is 0 Å². The molecule has 0 unspecified atom stereocenters. The molecule has 1 nitrogen and oxygen atoms in total. The van der Waals surface area contributed by atoms with E-state index in [0.717, 1.165) is 32.7 Å². The van der Waals surface area contributed by atoms with Crippen LogP contribution in [0.2, 0.25) is 5.02 Å². The molecule has 5 aromatic carbocycles. The zero-order valence-electron chi connectivity index (χ0n) is 20.7. The summed E-state index contributed by atoms with van der Waals surface area (Å²) in [5.74, 6) is 0. The molecule has 30 heavy (non-hydrogen) atoms. The molecule has 6 aromatic rings. The van der Waals surface area contributed by atoms with Crippen LogP contribution in [-0.2, 0) is 0 Å². The molecule has 0 aliphatic rings. The maximum atomic E-state index is 8.56. The third-order valence-corrected chi connectivity index (χ3v) is 5.62. The van der Waals surface area contributed by atoms with E-state index in [1.807, 2.05) is 54.6 Å². The van der Waals surface area contributed by atoms with E-state index in [-0.39, 0.29) is 29.7 Å². The van der Waals surface area contributed by atoms with Gasteiger partial charge in [0.25, 0.3) is 0 Å². The van der Waals surface area contributed by atoms with Gasteiger partial charge in [0.05, 0.1) is 6.85 Å². The molecule has 0 spiro atoms. The minimum absolute atomic E-state index is 0.105. The van der Waals surface area contributed by atoms with Crippen LogP contribution in [0.5, 0.6) is 0 Å². The topological polar surface area (TPSA) is 13.1 Å². The van der Waals surface area contributed by atoms with Gasteiger partial charge in [-0.2, -0.15) is 0 Å². The van der Waals surface area contributed by atoms with Crippen LogP contribution in [0.3, 0.4) is 0 Å². The fraction of sp³-hybridized carbons (Fsp3) is 0. The number of halogens is 1. The van der Waals surface area contributed by atoms with Crippen LogP contribution < -0.4 is 0 Å². The molecule has 0 saturated heterocycles. The number of rotatable bonds is 2. The Labute approximate surface area is 186 Å². The number of hydrogen-bond donors (Lipinski definition) is 0. The van der Waals surface area contributed by atoms with Crippen molar-refractivity contribution in [1.29, 1.82) is 0 Å². The first-order chi connectivity index (χ1) is 16.8. The molecule has 0 aliphatic heterocycles. The van der Waals surface area contributed by atoms with Gasteiger partial charge < -0.3 is 4.42 Å². The lowest BCUT2D eigenvalue weighted by Crippen LogP contribution is -1.84. The summed E-state index contributed by atoms with van der Waals surface area (Å²) in [4.78, 5) is 0. The first-order valence-corrected chi connectivity index (χ1v) is 9.93. The van der Waals surface area contributed by atoms with Crippen LogP contribution in [0.15, 0.2) is 107 Å². The Balaban J connectivity index is 1.74. The van der Waals surface area contributed by atoms with E-state index < -0.39 is 6.04 Å². The van der Waals surface area contributed by atoms with Crippen molar-refractivity contribution >= 4 is 44.3 Å². The lowest BCUT2D eigenvalue weighted by molar-refractivity contribution is 0.670. The second kappa shape index (κ2) is 6.76. The standard InChI is InChI=1S/C28H17ClO/c29-23-12-13-24-26-16-22(21-11-10-18-6-4-5-9-20(18)14-21)15-25(19-7-2-1-3-8-19)28(26)30-27(24)17-23/h1-17H/i1D,2D,3D,7D,8D. The summed E-state index contributed by atoms with van der Waals surface area (Å²) < 4.78 is 47.7. The second-order valence-corrected chi connectivity index (χ2v) is 7.64. The Morgan fingerprint density at radius 3 is 2.37 bits per heavy atom. The lowest BCUT2D eigenvalue weighted by atomic mass is 9.94. The predicted molar refractivity (Wildman–Crippen MR) is 127 cm³/mol. The smallest absolute Gasteiger partial charge is 0.143 e. The SMILES string of the molecule is [2H]c1c([2H])c([2H])c(-c2cc(-c3ccc4ccccc4c3)cc3c2oc2cc(Cl)ccc23)c([2H])c1[2H]. The highest BCUT2D eigenvalue weighted by Gasteiger charge is 2.15. The zero-order valence-corrected chi connectivity index (χ0v) is 16.5. The Bertz CT molecular complexity index is 1790. The Morgan fingerprint density at radius 2 is 1.50 bits per heavy atom. The quantitative estimate of drug-likeness (QED) is 0.278. The van der Waals surface area contributed by atoms with Gasteiger partial charge >= 0.3 is 0 Å². The van der Waals surface area contributed by atoms with Gasteiger partial charge in [-0.1, -0.05) is 78.2 Å². The molecule has 0 amide bonds. The van der Waals surface area contributed by atoms with Crippen molar-refractivity contribution in [2.75, 3.05) is 0 Å². The van der Waals surface area contributed by atoms with Crippen molar-refractivity contribution in [2.45, 2.75) is 0 Å². The number of fused-ring (bicyclic) bond motifs is 4. The third kappa shape index (κ3) is 2.79. The van der Waals surface area contributed by atoms with E-state index in [4.69, 9.17) is 22.9 Å². The van der Waals surface area contributed by atoms with Crippen LogP contribution in [0.1, 0.15) is 6.85 Å². The van der Waals surface area contributed by atoms with E-state index in [1.54, 1.807) is 12.1 Å². The fourth-order valence-electron chi connectivity index (χ4n) is 3.96. The van der Waals surface area contributed by atoms with Crippen molar-refractivity contribution in [3.8, 4) is 22.3 Å². The number of benzene rings is 5. The van der Waals surface area contributed by atoms with Gasteiger partial charge in [-0.15, -0.1) is 0 Å². The highest BCUT2D eigenvalue weighted by molar-refractivity contribution is 6.31. The van der Waals surface area contributed by atoms with E-state index in [1.165, 1.54) is 0 Å². The third-order valence-electron chi connectivity index (χ3n) is 5.39. The lowest BCUT2D eigenvalue weighted by Gasteiger charge is -2.09. The maximum absolute atomic E-state index is 8.56. The summed E-state index contributed by atoms with van der Waals surface area (Å²) in [7, 11) is 0. The fourth-order valence-corrected chi connectivity index (χ4v) is 4.12. The van der Waals surface area contributed by atoms with Crippen LogP contribution in [0.25, 0.3) is 55.0 Å². The summed E-state index contributed by atoms with van der Waals surface area (Å²) in [6.45, 7) is 0. The van der Waals surface area contributed by atoms with Crippen molar-refractivity contribution in [1.82, 2.24) is 0 Å². The predicted octanol–water partition coefficient (Wildman–Crippen LogP) is 8.73. The Morgan fingerprint density at radius 1 is 0.667 bits per heavy atom. The summed E-state index contributed by atoms with van der Waals surface area (Å²) in [5, 5.41) is 4.34. The van der Waals surface area contributed by atoms with Crippen LogP contribution in [0, 0.1) is 0 Å². The largest absolute Gasteiger partial charge is 0.455 e. The van der Waals surface area contributed by atoms with Crippen molar-refractivity contribution in [3.05, 3.63) is 108 Å². The average Bonchev–Trinajstić information content (AvgIpc) is 3.23. The molecule has 0 N–H and O–H groups in total. The van der Waals surface area contributed by atoms with Crippen molar-refractivity contribution < 1.29 is 11.3 Å². The van der Waals surface area contributed by atoms with Gasteiger partial charge in [0.2, 0.25) is 0 Å². The molecule has 1 heterocycles. The first-order valence-electron chi connectivity index (χ1n) is 12.1. The molecular formula is C28H17ClO. The van der Waals surface area contributed by atoms with E-state index >= 15 is 0 Å². The van der Waals surface area contributed by atoms with Crippen LogP contribution in [0.4, 0.5) is 0 Å². The highest BCUT2D eigenvalue weighted by Crippen LogP contribution is 2.40. The van der Waals surface area contributed by atoms with Crippen molar-refractivity contribution in [2.24, 2.45) is 0 Å².